The summed E-state index contributed by atoms with van der Waals surface area (Å²) in [5, 5.41) is 5.82. The Morgan fingerprint density at radius 1 is 0.929 bits per heavy atom. The first kappa shape index (κ1) is 38.6. The summed E-state index contributed by atoms with van der Waals surface area (Å²) in [5.41, 5.74) is 0.638. The first-order valence-electron chi connectivity index (χ1n) is 20.7. The fourth-order valence-electron chi connectivity index (χ4n) is 9.06. The molecule has 6 aliphatic rings. The molecule has 302 valence electrons. The van der Waals surface area contributed by atoms with E-state index in [4.69, 9.17) is 19.4 Å². The van der Waals surface area contributed by atoms with Gasteiger partial charge in [0.05, 0.1) is 22.3 Å². The van der Waals surface area contributed by atoms with E-state index in [9.17, 15) is 27.6 Å². The van der Waals surface area contributed by atoms with Crippen molar-refractivity contribution in [3.05, 3.63) is 42.1 Å². The molecule has 15 heteroatoms. The number of allylic oxidation sites excluding steroid dienone is 1. The van der Waals surface area contributed by atoms with Crippen LogP contribution in [0, 0.1) is 11.8 Å². The molecule has 2 aromatic rings. The molecule has 4 fully saturated rings. The predicted octanol–water partition coefficient (Wildman–Crippen LogP) is 4.75. The highest BCUT2D eigenvalue weighted by molar-refractivity contribution is 7.91. The van der Waals surface area contributed by atoms with Crippen LogP contribution >= 0.6 is 0 Å². The third-order valence-electron chi connectivity index (χ3n) is 13.0. The average molecular weight is 791 g/mol. The van der Waals surface area contributed by atoms with Crippen LogP contribution in [0.15, 0.2) is 36.4 Å². The van der Waals surface area contributed by atoms with Gasteiger partial charge in [-0.15, -0.1) is 0 Å². The maximum atomic E-state index is 14.7. The molecule has 14 nitrogen and oxygen atoms in total. The molecule has 3 saturated carbocycles. The number of amides is 4. The first-order chi connectivity index (χ1) is 26.9. The number of nitrogens with zero attached hydrogens (tertiary/aromatic N) is 3. The summed E-state index contributed by atoms with van der Waals surface area (Å²) >= 11 is 0. The Labute approximate surface area is 328 Å². The summed E-state index contributed by atoms with van der Waals surface area (Å²) in [6.45, 7) is 1.63. The molecule has 1 saturated heterocycles. The maximum Gasteiger partial charge on any atom is 0.408 e. The zero-order chi connectivity index (χ0) is 39.1. The second-order valence-corrected chi connectivity index (χ2v) is 19.3. The van der Waals surface area contributed by atoms with Gasteiger partial charge in [-0.3, -0.25) is 19.1 Å². The van der Waals surface area contributed by atoms with E-state index in [-0.39, 0.29) is 31.4 Å². The minimum atomic E-state index is -3.98. The van der Waals surface area contributed by atoms with E-state index in [0.29, 0.717) is 55.6 Å². The molecule has 0 radical (unpaired) electrons. The van der Waals surface area contributed by atoms with Crippen LogP contribution in [-0.4, -0.2) is 88.2 Å². The quantitative estimate of drug-likeness (QED) is 0.367. The van der Waals surface area contributed by atoms with Gasteiger partial charge in [0.25, 0.3) is 5.91 Å². The highest BCUT2D eigenvalue weighted by Gasteiger charge is 2.63. The van der Waals surface area contributed by atoms with Crippen LogP contribution in [0.25, 0.3) is 11.0 Å². The number of nitrogens with one attached hydrogen (secondary N) is 3. The molecule has 1 unspecified atom stereocenters. The highest BCUT2D eigenvalue weighted by atomic mass is 32.2. The summed E-state index contributed by atoms with van der Waals surface area (Å²) in [7, 11) is -3.98. The van der Waals surface area contributed by atoms with Crippen molar-refractivity contribution >= 4 is 44.9 Å². The molecule has 8 rings (SSSR count). The summed E-state index contributed by atoms with van der Waals surface area (Å²) in [4.78, 5) is 67.9. The molecule has 4 amide bonds. The van der Waals surface area contributed by atoms with Crippen LogP contribution in [0.1, 0.15) is 115 Å². The van der Waals surface area contributed by atoms with E-state index in [1.165, 1.54) is 4.90 Å². The molecule has 3 N–H and O–H groups in total. The molecule has 3 aliphatic carbocycles. The first-order valence-corrected chi connectivity index (χ1v) is 22.2. The van der Waals surface area contributed by atoms with Crippen LogP contribution in [0.2, 0.25) is 0 Å². The average Bonchev–Trinajstić information content (AvgIpc) is 3.97. The SMILES string of the molecule is CC1(S(=O)(=O)NC(=O)[C@@]23CC2/C=C\CCCCC[C@@H]2NC(=O)O[C@@H]4CCC[C@H]4CCCCCc4nc5ccccc5nc4O[C@@H]4C[C@@H](C(=O)N3)N(C4)C2=O)CC1. The van der Waals surface area contributed by atoms with Crippen molar-refractivity contribution in [1.29, 1.82) is 0 Å². The lowest BCUT2D eigenvalue weighted by Gasteiger charge is -2.30. The van der Waals surface area contributed by atoms with E-state index in [2.05, 4.69) is 15.4 Å². The van der Waals surface area contributed by atoms with Gasteiger partial charge in [-0.05, 0) is 102 Å². The summed E-state index contributed by atoms with van der Waals surface area (Å²) in [6.07, 6.45) is 14.0. The van der Waals surface area contributed by atoms with Crippen LogP contribution < -0.4 is 20.1 Å². The van der Waals surface area contributed by atoms with Gasteiger partial charge in [0.2, 0.25) is 27.7 Å². The van der Waals surface area contributed by atoms with Gasteiger partial charge >= 0.3 is 6.09 Å². The zero-order valence-electron chi connectivity index (χ0n) is 32.2. The third-order valence-corrected chi connectivity index (χ3v) is 15.1. The van der Waals surface area contributed by atoms with Crippen molar-refractivity contribution in [1.82, 2.24) is 30.2 Å². The van der Waals surface area contributed by atoms with Crippen molar-refractivity contribution in [2.24, 2.45) is 11.8 Å². The number of ether oxygens (including phenoxy) is 2. The smallest absolute Gasteiger partial charge is 0.408 e. The van der Waals surface area contributed by atoms with E-state index < -0.39 is 68.2 Å². The van der Waals surface area contributed by atoms with Crippen LogP contribution in [0.3, 0.4) is 0 Å². The molecule has 56 heavy (non-hydrogen) atoms. The lowest BCUT2D eigenvalue weighted by Crippen LogP contribution is -2.58. The fourth-order valence-corrected chi connectivity index (χ4v) is 10.4. The monoisotopic (exact) mass is 790 g/mol. The second-order valence-electron chi connectivity index (χ2n) is 17.1. The molecule has 1 aromatic heterocycles. The minimum Gasteiger partial charge on any atom is -0.471 e. The lowest BCUT2D eigenvalue weighted by molar-refractivity contribution is -0.141. The fraction of sp³-hybridized carbons (Fsp3) is 0.659. The van der Waals surface area contributed by atoms with Gasteiger partial charge in [-0.25, -0.2) is 23.2 Å². The Bertz CT molecular complexity index is 2000. The second kappa shape index (κ2) is 15.6. The maximum absolute atomic E-state index is 14.7. The van der Waals surface area contributed by atoms with Gasteiger partial charge in [-0.2, -0.15) is 0 Å². The molecular formula is C41H54N6O8S. The number of hydrogen-bond donors (Lipinski definition) is 3. The normalized spacial score (nSPS) is 33.0. The molecule has 4 heterocycles. The summed E-state index contributed by atoms with van der Waals surface area (Å²) < 4.78 is 40.3. The van der Waals surface area contributed by atoms with Gasteiger partial charge in [-0.1, -0.05) is 50.0 Å². The van der Waals surface area contributed by atoms with E-state index >= 15 is 0 Å². The van der Waals surface area contributed by atoms with Crippen LogP contribution in [0.4, 0.5) is 4.79 Å². The van der Waals surface area contributed by atoms with Crippen molar-refractivity contribution < 1.29 is 37.1 Å². The Balaban J connectivity index is 1.13. The van der Waals surface area contributed by atoms with E-state index in [1.54, 1.807) is 6.92 Å². The highest BCUT2D eigenvalue weighted by Crippen LogP contribution is 2.47. The van der Waals surface area contributed by atoms with E-state index in [1.807, 2.05) is 36.4 Å². The van der Waals surface area contributed by atoms with Gasteiger partial charge < -0.3 is 25.0 Å². The van der Waals surface area contributed by atoms with Crippen molar-refractivity contribution in [3.63, 3.8) is 0 Å². The van der Waals surface area contributed by atoms with Crippen molar-refractivity contribution in [3.8, 4) is 5.88 Å². The minimum absolute atomic E-state index is 0.0258. The number of benzene rings is 1. The standard InChI is InChI=1S/C41H54N6O8S/c1-40(21-22-40)56(52,53)46-38(50)41-24-27(41)15-7-3-2-4-8-19-32-37(49)47-25-28(23-33(47)35(48)45-41)54-36-31(42-29-16-10-11-17-30(29)43-36)18-9-5-6-13-26-14-12-20-34(26)55-39(51)44-32/h7,10-11,15-17,26-28,32-34H,2-6,8-9,12-14,18-25H2,1H3,(H,44,51)(H,45,48)(H,46,50)/b15-7-/t26-,27?,28-,32+,33+,34-,41-/m1/s1. The molecule has 1 aromatic carbocycles. The Hall–Kier alpha value is -4.27. The number of carbonyl (C=O) groups is 4. The Morgan fingerprint density at radius 3 is 2.48 bits per heavy atom. The van der Waals surface area contributed by atoms with E-state index in [0.717, 1.165) is 63.3 Å². The lowest BCUT2D eigenvalue weighted by atomic mass is 9.97. The number of aromatic nitrogens is 2. The molecule has 0 spiro atoms. The number of carbonyl (C=O) groups excluding carboxylic acids is 4. The Morgan fingerprint density at radius 2 is 1.68 bits per heavy atom. The largest absolute Gasteiger partial charge is 0.471 e. The number of fused-ring (bicyclic) bond motifs is 6. The number of alkyl carbamates (subject to hydrolysis) is 1. The number of aryl methyl sites for hydroxylation is 1. The summed E-state index contributed by atoms with van der Waals surface area (Å²) in [5.74, 6) is -1.61. The number of hydrogen-bond acceptors (Lipinski definition) is 10. The van der Waals surface area contributed by atoms with Gasteiger partial charge in [0.15, 0.2) is 0 Å². The predicted molar refractivity (Wildman–Crippen MR) is 207 cm³/mol. The third kappa shape index (κ3) is 7.97. The van der Waals surface area contributed by atoms with Crippen molar-refractivity contribution in [2.45, 2.75) is 151 Å². The molecule has 3 aliphatic heterocycles. The number of sulfonamides is 1. The molecule has 3 bridgehead atoms. The molecule has 7 atom stereocenters. The summed E-state index contributed by atoms with van der Waals surface area (Å²) in [6, 6.07) is 5.56. The topological polar surface area (TPSA) is 186 Å². The van der Waals surface area contributed by atoms with Crippen molar-refractivity contribution in [2.75, 3.05) is 6.54 Å². The van der Waals surface area contributed by atoms with Crippen LogP contribution in [0.5, 0.6) is 5.88 Å². The Kier molecular flexibility index (Phi) is 10.7. The number of para-hydroxylation sites is 2. The van der Waals surface area contributed by atoms with Crippen LogP contribution in [-0.2, 0) is 35.6 Å². The zero-order valence-corrected chi connectivity index (χ0v) is 33.0. The molecular weight excluding hydrogens is 737 g/mol. The number of rotatable bonds is 3. The van der Waals surface area contributed by atoms with Gasteiger partial charge in [0.1, 0.15) is 35.5 Å². The van der Waals surface area contributed by atoms with Gasteiger partial charge in [0, 0.05) is 12.3 Å².